The summed E-state index contributed by atoms with van der Waals surface area (Å²) in [5, 5.41) is 10.6. The van der Waals surface area contributed by atoms with Gasteiger partial charge in [-0.15, -0.1) is 11.3 Å². The van der Waals surface area contributed by atoms with Crippen LogP contribution in [0.15, 0.2) is 42.6 Å². The summed E-state index contributed by atoms with van der Waals surface area (Å²) < 4.78 is 11.2. The lowest BCUT2D eigenvalue weighted by atomic mass is 10.2. The lowest BCUT2D eigenvalue weighted by molar-refractivity contribution is 0.0880. The molecule has 6 nitrogen and oxygen atoms in total. The summed E-state index contributed by atoms with van der Waals surface area (Å²) in [6.07, 6.45) is 3.26. The van der Waals surface area contributed by atoms with Crippen LogP contribution in [0.4, 0.5) is 5.69 Å². The van der Waals surface area contributed by atoms with E-state index < -0.39 is 6.10 Å². The van der Waals surface area contributed by atoms with Crippen molar-refractivity contribution >= 4 is 34.5 Å². The summed E-state index contributed by atoms with van der Waals surface area (Å²) in [4.78, 5) is 20.8. The molecule has 160 valence electrons. The Balaban J connectivity index is 1.33. The highest BCUT2D eigenvalue weighted by Crippen LogP contribution is 2.40. The third kappa shape index (κ3) is 4.01. The van der Waals surface area contributed by atoms with E-state index in [1.807, 2.05) is 18.2 Å². The van der Waals surface area contributed by atoms with Crippen molar-refractivity contribution < 1.29 is 19.4 Å². The number of aliphatic hydroxyl groups excluding tert-OH is 1. The first-order valence-electron chi connectivity index (χ1n) is 10.1. The quantitative estimate of drug-likeness (QED) is 0.553. The number of fused-ring (bicyclic) bond motifs is 1. The molecule has 31 heavy (non-hydrogen) atoms. The lowest BCUT2D eigenvalue weighted by Crippen LogP contribution is -2.23. The molecule has 1 aliphatic carbocycles. The van der Waals surface area contributed by atoms with Crippen LogP contribution in [0.5, 0.6) is 11.5 Å². The minimum Gasteiger partial charge on any atom is -0.493 e. The second-order valence-corrected chi connectivity index (χ2v) is 9.26. The molecule has 0 bridgehead atoms. The first kappa shape index (κ1) is 20.3. The summed E-state index contributed by atoms with van der Waals surface area (Å²) in [6.45, 7) is 0.726. The van der Waals surface area contributed by atoms with E-state index in [1.54, 1.807) is 36.4 Å². The minimum atomic E-state index is -0.454. The number of carbonyl (C=O) groups excluding carboxylic acids is 1. The Morgan fingerprint density at radius 1 is 1.26 bits per heavy atom. The van der Waals surface area contributed by atoms with Gasteiger partial charge >= 0.3 is 0 Å². The maximum Gasteiger partial charge on any atom is 0.269 e. The predicted molar refractivity (Wildman–Crippen MR) is 120 cm³/mol. The zero-order valence-corrected chi connectivity index (χ0v) is 18.4. The number of pyridine rings is 1. The third-order valence-corrected chi connectivity index (χ3v) is 7.00. The van der Waals surface area contributed by atoms with Crippen molar-refractivity contribution in [3.05, 3.63) is 58.1 Å². The number of amides is 1. The van der Waals surface area contributed by atoms with Gasteiger partial charge in [0.25, 0.3) is 5.91 Å². The van der Waals surface area contributed by atoms with Crippen molar-refractivity contribution in [3.63, 3.8) is 0 Å². The first-order chi connectivity index (χ1) is 15.0. The van der Waals surface area contributed by atoms with Gasteiger partial charge in [-0.3, -0.25) is 9.78 Å². The molecule has 1 saturated carbocycles. The molecule has 0 unspecified atom stereocenters. The average molecular weight is 457 g/mol. The molecule has 1 fully saturated rings. The van der Waals surface area contributed by atoms with E-state index in [-0.39, 0.29) is 12.5 Å². The number of anilines is 1. The number of methoxy groups -OCH3 is 1. The fraction of sp³-hybridized carbons (Fsp3) is 0.304. The smallest absolute Gasteiger partial charge is 0.269 e. The molecule has 1 aliphatic heterocycles. The zero-order chi connectivity index (χ0) is 21.5. The number of aliphatic hydroxyl groups is 1. The van der Waals surface area contributed by atoms with Crippen LogP contribution in [-0.2, 0) is 6.54 Å². The molecule has 2 aliphatic rings. The zero-order valence-electron chi connectivity index (χ0n) is 16.9. The van der Waals surface area contributed by atoms with E-state index in [4.69, 9.17) is 21.1 Å². The van der Waals surface area contributed by atoms with Crippen LogP contribution >= 0.6 is 22.9 Å². The van der Waals surface area contributed by atoms with Gasteiger partial charge in [0.15, 0.2) is 11.5 Å². The van der Waals surface area contributed by atoms with Crippen LogP contribution < -0.4 is 14.4 Å². The molecule has 0 saturated heterocycles. The summed E-state index contributed by atoms with van der Waals surface area (Å²) in [5.74, 6) is 1.40. The van der Waals surface area contributed by atoms with Gasteiger partial charge in [-0.25, -0.2) is 0 Å². The van der Waals surface area contributed by atoms with Gasteiger partial charge in [-0.05, 0) is 54.7 Å². The number of benzene rings is 1. The normalized spacial score (nSPS) is 16.4. The standard InChI is InChI=1S/C23H21ClN2O4S/c1-29-20-9-16(5-7-19(20)30-12-18(27)13-2-3-13)26-11-14-8-21(31-22(14)23(26)28)17-6-4-15(24)10-25-17/h4-10,13,18,27H,2-3,11-12H2,1H3/t18-/m0/s1. The van der Waals surface area contributed by atoms with E-state index in [1.165, 1.54) is 11.3 Å². The van der Waals surface area contributed by atoms with Gasteiger partial charge in [0.05, 0.1) is 40.2 Å². The number of halogens is 1. The van der Waals surface area contributed by atoms with E-state index in [0.717, 1.165) is 39.5 Å². The fourth-order valence-electron chi connectivity index (χ4n) is 3.68. The second kappa shape index (κ2) is 8.15. The van der Waals surface area contributed by atoms with E-state index in [9.17, 15) is 9.90 Å². The molecule has 2 aromatic heterocycles. The molecule has 3 aromatic rings. The van der Waals surface area contributed by atoms with Gasteiger partial charge in [0, 0.05) is 18.0 Å². The van der Waals surface area contributed by atoms with Crippen molar-refractivity contribution in [2.24, 2.45) is 5.92 Å². The van der Waals surface area contributed by atoms with Crippen molar-refractivity contribution in [2.75, 3.05) is 18.6 Å². The summed E-state index contributed by atoms with van der Waals surface area (Å²) >= 11 is 7.36. The molecular weight excluding hydrogens is 436 g/mol. The Morgan fingerprint density at radius 2 is 2.10 bits per heavy atom. The summed E-state index contributed by atoms with van der Waals surface area (Å²) in [6, 6.07) is 11.1. The number of carbonyl (C=O) groups is 1. The molecule has 5 rings (SSSR count). The predicted octanol–water partition coefficient (Wildman–Crippen LogP) is 4.78. The number of thiophene rings is 1. The van der Waals surface area contributed by atoms with Crippen molar-refractivity contribution in [1.29, 1.82) is 0 Å². The minimum absolute atomic E-state index is 0.0416. The summed E-state index contributed by atoms with van der Waals surface area (Å²) in [7, 11) is 1.57. The number of hydrogen-bond acceptors (Lipinski definition) is 6. The first-order valence-corrected chi connectivity index (χ1v) is 11.3. The van der Waals surface area contributed by atoms with Crippen LogP contribution in [0.2, 0.25) is 5.02 Å². The van der Waals surface area contributed by atoms with Gasteiger partial charge in [-0.2, -0.15) is 0 Å². The third-order valence-electron chi connectivity index (χ3n) is 5.59. The highest BCUT2D eigenvalue weighted by atomic mass is 35.5. The van der Waals surface area contributed by atoms with Gasteiger partial charge < -0.3 is 19.5 Å². The molecule has 1 aromatic carbocycles. The molecule has 3 heterocycles. The molecule has 0 radical (unpaired) electrons. The molecule has 0 spiro atoms. The highest BCUT2D eigenvalue weighted by Gasteiger charge is 2.33. The maximum absolute atomic E-state index is 13.1. The molecule has 1 N–H and O–H groups in total. The van der Waals surface area contributed by atoms with Gasteiger partial charge in [0.1, 0.15) is 6.61 Å². The van der Waals surface area contributed by atoms with Crippen LogP contribution in [-0.4, -0.2) is 35.8 Å². The second-order valence-electron chi connectivity index (χ2n) is 7.77. The lowest BCUT2D eigenvalue weighted by Gasteiger charge is -2.19. The number of hydrogen-bond donors (Lipinski definition) is 1. The monoisotopic (exact) mass is 456 g/mol. The molecule has 1 atom stereocenters. The van der Waals surface area contributed by atoms with Gasteiger partial charge in [0.2, 0.25) is 0 Å². The summed E-state index contributed by atoms with van der Waals surface area (Å²) in [5.41, 5.74) is 2.53. The SMILES string of the molecule is COc1cc(N2Cc3cc(-c4ccc(Cl)cn4)sc3C2=O)ccc1OC[C@H](O)C1CC1. The Labute approximate surface area is 189 Å². The van der Waals surface area contributed by atoms with Crippen LogP contribution in [0.25, 0.3) is 10.6 Å². The van der Waals surface area contributed by atoms with Crippen LogP contribution in [0.3, 0.4) is 0 Å². The Hall–Kier alpha value is -2.61. The van der Waals surface area contributed by atoms with Crippen LogP contribution in [0, 0.1) is 5.92 Å². The van der Waals surface area contributed by atoms with E-state index in [2.05, 4.69) is 4.98 Å². The Kier molecular flexibility index (Phi) is 5.33. The topological polar surface area (TPSA) is 71.9 Å². The Morgan fingerprint density at radius 3 is 2.77 bits per heavy atom. The molecule has 8 heteroatoms. The number of rotatable bonds is 7. The van der Waals surface area contributed by atoms with E-state index in [0.29, 0.717) is 29.0 Å². The number of ether oxygens (including phenoxy) is 2. The highest BCUT2D eigenvalue weighted by molar-refractivity contribution is 7.17. The van der Waals surface area contributed by atoms with Gasteiger partial charge in [-0.1, -0.05) is 11.6 Å². The van der Waals surface area contributed by atoms with Crippen molar-refractivity contribution in [1.82, 2.24) is 4.98 Å². The molecule has 1 amide bonds. The maximum atomic E-state index is 13.1. The number of aromatic nitrogens is 1. The van der Waals surface area contributed by atoms with E-state index >= 15 is 0 Å². The van der Waals surface area contributed by atoms with Crippen LogP contribution in [0.1, 0.15) is 28.1 Å². The molecular formula is C23H21ClN2O4S. The van der Waals surface area contributed by atoms with Crippen molar-refractivity contribution in [3.8, 4) is 22.1 Å². The van der Waals surface area contributed by atoms with Crippen molar-refractivity contribution in [2.45, 2.75) is 25.5 Å². The average Bonchev–Trinajstić information content (AvgIpc) is 3.48. The number of nitrogens with zero attached hydrogens (tertiary/aromatic N) is 2. The largest absolute Gasteiger partial charge is 0.493 e. The fourth-order valence-corrected chi connectivity index (χ4v) is 4.89. The Bertz CT molecular complexity index is 1130.